The maximum absolute atomic E-state index is 11.6. The predicted octanol–water partition coefficient (Wildman–Crippen LogP) is 4.70. The van der Waals surface area contributed by atoms with E-state index >= 15 is 0 Å². The number of rotatable bonds is 3. The fourth-order valence-electron chi connectivity index (χ4n) is 6.38. The zero-order valence-electron chi connectivity index (χ0n) is 21.5. The largest absolute Gasteiger partial charge is 0.478 e. The van der Waals surface area contributed by atoms with E-state index in [9.17, 15) is 9.90 Å². The van der Waals surface area contributed by atoms with Gasteiger partial charge < -0.3 is 10.0 Å². The molecule has 0 bridgehead atoms. The number of fused-ring (bicyclic) bond motifs is 2. The van der Waals surface area contributed by atoms with Crippen LogP contribution in [0.25, 0.3) is 5.57 Å². The van der Waals surface area contributed by atoms with Crippen molar-refractivity contribution in [3.8, 4) is 0 Å². The molecular formula is C30H34N3O2Si+. The summed E-state index contributed by atoms with van der Waals surface area (Å²) in [6.07, 6.45) is 13.6. The number of nitrogens with zero attached hydrogens (tertiary/aromatic N) is 3. The van der Waals surface area contributed by atoms with Gasteiger partial charge in [-0.25, -0.2) is 9.37 Å². The summed E-state index contributed by atoms with van der Waals surface area (Å²) in [5.41, 5.74) is 8.33. The lowest BCUT2D eigenvalue weighted by atomic mass is 9.90. The van der Waals surface area contributed by atoms with Gasteiger partial charge in [0.15, 0.2) is 5.71 Å². The third-order valence-electron chi connectivity index (χ3n) is 8.40. The molecule has 2 fully saturated rings. The van der Waals surface area contributed by atoms with Gasteiger partial charge in [-0.15, -0.1) is 0 Å². The van der Waals surface area contributed by atoms with E-state index in [1.807, 2.05) is 6.92 Å². The van der Waals surface area contributed by atoms with E-state index in [2.05, 4.69) is 59.0 Å². The zero-order chi connectivity index (χ0) is 25.0. The molecule has 36 heavy (non-hydrogen) atoms. The molecule has 1 aliphatic carbocycles. The van der Waals surface area contributed by atoms with Crippen molar-refractivity contribution in [3.63, 3.8) is 0 Å². The Morgan fingerprint density at radius 2 is 1.81 bits per heavy atom. The van der Waals surface area contributed by atoms with Crippen molar-refractivity contribution in [3.05, 3.63) is 81.8 Å². The van der Waals surface area contributed by atoms with Gasteiger partial charge in [-0.05, 0) is 71.1 Å². The molecule has 6 rings (SSSR count). The molecule has 5 nitrogen and oxygen atoms in total. The number of carboxylic acids is 1. The summed E-state index contributed by atoms with van der Waals surface area (Å²) < 4.78 is 2.52. The van der Waals surface area contributed by atoms with Crippen LogP contribution in [0.2, 0.25) is 13.1 Å². The van der Waals surface area contributed by atoms with E-state index in [1.54, 1.807) is 6.07 Å². The van der Waals surface area contributed by atoms with Crippen molar-refractivity contribution >= 4 is 36.2 Å². The number of aryl methyl sites for hydroxylation is 1. The first-order chi connectivity index (χ1) is 17.3. The van der Waals surface area contributed by atoms with Crippen molar-refractivity contribution in [2.24, 2.45) is 0 Å². The van der Waals surface area contributed by atoms with E-state index in [-0.39, 0.29) is 5.56 Å². The van der Waals surface area contributed by atoms with Crippen molar-refractivity contribution in [2.45, 2.75) is 45.7 Å². The lowest BCUT2D eigenvalue weighted by molar-refractivity contribution is -0.504. The van der Waals surface area contributed by atoms with Gasteiger partial charge in [-0.3, -0.25) is 4.98 Å². The molecule has 0 saturated carbocycles. The van der Waals surface area contributed by atoms with E-state index in [0.717, 1.165) is 43.0 Å². The maximum atomic E-state index is 11.6. The number of hydrogen-bond acceptors (Lipinski definition) is 3. The van der Waals surface area contributed by atoms with Crippen LogP contribution in [0.1, 0.15) is 52.9 Å². The number of aromatic carboxylic acids is 1. The molecule has 1 N–H and O–H groups in total. The second-order valence-corrected chi connectivity index (χ2v) is 15.4. The molecule has 184 valence electrons. The van der Waals surface area contributed by atoms with Gasteiger partial charge in [0.2, 0.25) is 0 Å². The van der Waals surface area contributed by atoms with Crippen LogP contribution in [0.3, 0.4) is 0 Å². The Hall–Kier alpha value is -3.25. The van der Waals surface area contributed by atoms with Gasteiger partial charge >= 0.3 is 5.97 Å². The summed E-state index contributed by atoms with van der Waals surface area (Å²) in [5.74, 6) is -0.939. The summed E-state index contributed by atoms with van der Waals surface area (Å²) in [5, 5.41) is 12.4. The number of carboxylic acid groups (broad SMARTS) is 1. The van der Waals surface area contributed by atoms with Crippen LogP contribution in [0.5, 0.6) is 0 Å². The molecule has 4 aliphatic rings. The van der Waals surface area contributed by atoms with Crippen molar-refractivity contribution < 1.29 is 14.5 Å². The number of pyridine rings is 1. The van der Waals surface area contributed by atoms with Gasteiger partial charge in [0.1, 0.15) is 21.2 Å². The van der Waals surface area contributed by atoms with Gasteiger partial charge in [0, 0.05) is 55.5 Å². The molecule has 0 unspecified atom stereocenters. The van der Waals surface area contributed by atoms with Crippen LogP contribution in [-0.2, 0) is 0 Å². The van der Waals surface area contributed by atoms with E-state index in [4.69, 9.17) is 4.98 Å². The number of carbonyl (C=O) groups is 1. The second-order valence-electron chi connectivity index (χ2n) is 11.0. The predicted molar refractivity (Wildman–Crippen MR) is 148 cm³/mol. The first kappa shape index (κ1) is 23.2. The molecule has 2 aromatic rings. The highest BCUT2D eigenvalue weighted by atomic mass is 28.3. The number of hydrogen-bond donors (Lipinski definition) is 1. The molecule has 4 heterocycles. The standard InChI is InChI=1S/C30H33N3O2Si/c1-20-16-21(30(34)35)19-31-29(20)28-24-10-8-22(32-12-4-5-13-32)17-26(24)36(2,3)27-18-23(9-11-25(27)28)33-14-6-7-15-33/h8-11,16-19H,4-7,12-15H2,1-3H3/p+1. The van der Waals surface area contributed by atoms with Gasteiger partial charge in [-0.2, -0.15) is 0 Å². The average Bonchev–Trinajstić information content (AvgIpc) is 3.60. The topological polar surface area (TPSA) is 56.4 Å². The minimum absolute atomic E-state index is 0.233. The Kier molecular flexibility index (Phi) is 5.60. The molecule has 1 aromatic heterocycles. The second kappa shape index (κ2) is 8.70. The number of benzene rings is 1. The number of allylic oxidation sites excluding steroid dienone is 5. The van der Waals surface area contributed by atoms with Crippen LogP contribution in [0.15, 0.2) is 59.5 Å². The SMILES string of the molecule is Cc1cc(C(=O)O)cnc1C1=C2C=CC(=[N+]3CCCC3)C=C2[Si](C)(C)c2cc(N3CCCC3)ccc21. The van der Waals surface area contributed by atoms with Crippen molar-refractivity contribution in [2.75, 3.05) is 31.1 Å². The highest BCUT2D eigenvalue weighted by Gasteiger charge is 2.41. The van der Waals surface area contributed by atoms with Crippen LogP contribution < -0.4 is 10.1 Å². The normalized spacial score (nSPS) is 20.5. The van der Waals surface area contributed by atoms with Gasteiger partial charge in [0.25, 0.3) is 0 Å². The summed E-state index contributed by atoms with van der Waals surface area (Å²) in [6, 6.07) is 8.79. The van der Waals surface area contributed by atoms with Crippen LogP contribution in [-0.4, -0.2) is 60.6 Å². The summed E-state index contributed by atoms with van der Waals surface area (Å²) >= 11 is 0. The van der Waals surface area contributed by atoms with Crippen molar-refractivity contribution in [1.82, 2.24) is 4.98 Å². The van der Waals surface area contributed by atoms with Crippen LogP contribution in [0, 0.1) is 6.92 Å². The van der Waals surface area contributed by atoms with Crippen LogP contribution >= 0.6 is 0 Å². The minimum Gasteiger partial charge on any atom is -0.478 e. The zero-order valence-corrected chi connectivity index (χ0v) is 22.5. The highest BCUT2D eigenvalue weighted by Crippen LogP contribution is 2.42. The highest BCUT2D eigenvalue weighted by molar-refractivity contribution is 6.98. The molecule has 1 aromatic carbocycles. The first-order valence-corrected chi connectivity index (χ1v) is 16.2. The van der Waals surface area contributed by atoms with Crippen molar-refractivity contribution in [1.29, 1.82) is 0 Å². The molecule has 0 atom stereocenters. The Bertz CT molecular complexity index is 1400. The first-order valence-electron chi connectivity index (χ1n) is 13.2. The summed E-state index contributed by atoms with van der Waals surface area (Å²) in [6.45, 7) is 11.5. The molecular weight excluding hydrogens is 462 g/mol. The number of anilines is 1. The Balaban J connectivity index is 1.60. The Morgan fingerprint density at radius 3 is 2.50 bits per heavy atom. The van der Waals surface area contributed by atoms with Gasteiger partial charge in [-0.1, -0.05) is 19.2 Å². The van der Waals surface area contributed by atoms with E-state index in [1.165, 1.54) is 64.8 Å². The Morgan fingerprint density at radius 1 is 1.06 bits per heavy atom. The van der Waals surface area contributed by atoms with E-state index in [0.29, 0.717) is 0 Å². The Labute approximate surface area is 214 Å². The maximum Gasteiger partial charge on any atom is 0.337 e. The minimum atomic E-state index is -2.01. The molecule has 0 spiro atoms. The lowest BCUT2D eigenvalue weighted by Crippen LogP contribution is -2.50. The molecule has 2 saturated heterocycles. The quantitative estimate of drug-likeness (QED) is 0.494. The lowest BCUT2D eigenvalue weighted by Gasteiger charge is -2.38. The number of aromatic nitrogens is 1. The fraction of sp³-hybridized carbons (Fsp3) is 0.367. The molecule has 3 aliphatic heterocycles. The average molecular weight is 497 g/mol. The van der Waals surface area contributed by atoms with E-state index < -0.39 is 14.0 Å². The monoisotopic (exact) mass is 496 g/mol. The molecule has 0 amide bonds. The summed E-state index contributed by atoms with van der Waals surface area (Å²) in [7, 11) is -2.01. The summed E-state index contributed by atoms with van der Waals surface area (Å²) in [4.78, 5) is 18.9. The smallest absolute Gasteiger partial charge is 0.337 e. The third-order valence-corrected chi connectivity index (χ3v) is 11.9. The third kappa shape index (κ3) is 3.70. The fourth-order valence-corrected chi connectivity index (χ4v) is 9.45. The van der Waals surface area contributed by atoms with Gasteiger partial charge in [0.05, 0.1) is 11.3 Å². The van der Waals surface area contributed by atoms with Crippen LogP contribution in [0.4, 0.5) is 5.69 Å². The molecule has 6 heteroatoms. The molecule has 0 radical (unpaired) electrons.